The van der Waals surface area contributed by atoms with Gasteiger partial charge in [-0.15, -0.1) is 0 Å². The van der Waals surface area contributed by atoms with Gasteiger partial charge in [0.2, 0.25) is 0 Å². The van der Waals surface area contributed by atoms with E-state index in [9.17, 15) is 9.59 Å². The Balaban J connectivity index is 1.57. The van der Waals surface area contributed by atoms with Crippen LogP contribution in [0.4, 0.5) is 0 Å². The highest BCUT2D eigenvalue weighted by atomic mass is 35.5. The lowest BCUT2D eigenvalue weighted by Gasteiger charge is -2.27. The molecule has 4 aromatic rings. The number of aromatic nitrogens is 1. The lowest BCUT2D eigenvalue weighted by Crippen LogP contribution is -2.40. The molecule has 43 heavy (non-hydrogen) atoms. The van der Waals surface area contributed by atoms with Crippen LogP contribution in [0, 0.1) is 0 Å². The van der Waals surface area contributed by atoms with Crippen molar-refractivity contribution in [3.05, 3.63) is 124 Å². The third-order valence-corrected chi connectivity index (χ3v) is 8.35. The molecule has 0 saturated carbocycles. The van der Waals surface area contributed by atoms with Crippen LogP contribution in [0.5, 0.6) is 11.5 Å². The number of esters is 1. The molecule has 1 aromatic heterocycles. The van der Waals surface area contributed by atoms with Gasteiger partial charge in [-0.1, -0.05) is 72.1 Å². The first kappa shape index (κ1) is 30.6. The fourth-order valence-corrected chi connectivity index (χ4v) is 6.22. The lowest BCUT2D eigenvalue weighted by molar-refractivity contribution is -0.139. The molecule has 0 amide bonds. The van der Waals surface area contributed by atoms with E-state index in [1.54, 1.807) is 36.8 Å². The van der Waals surface area contributed by atoms with E-state index in [4.69, 9.17) is 42.4 Å². The number of rotatable bonds is 10. The average Bonchev–Trinajstić information content (AvgIpc) is 3.31. The first-order valence-corrected chi connectivity index (χ1v) is 15.4. The van der Waals surface area contributed by atoms with E-state index in [1.165, 1.54) is 11.3 Å². The Morgan fingerprint density at radius 3 is 2.42 bits per heavy atom. The van der Waals surface area contributed by atoms with Crippen molar-refractivity contribution in [2.45, 2.75) is 39.3 Å². The second-order valence-corrected chi connectivity index (χ2v) is 11.7. The molecule has 10 heteroatoms. The van der Waals surface area contributed by atoms with Crippen LogP contribution in [0.2, 0.25) is 10.0 Å². The summed E-state index contributed by atoms with van der Waals surface area (Å²) in [7, 11) is 1.54. The molecule has 222 valence electrons. The molecule has 0 N–H and O–H groups in total. The van der Waals surface area contributed by atoms with Crippen molar-refractivity contribution in [3.63, 3.8) is 0 Å². The molecular formula is C33H30Cl2N2O5S. The number of allylic oxidation sites excluding steroid dienone is 1. The van der Waals surface area contributed by atoms with Crippen LogP contribution in [0.15, 0.2) is 87.8 Å². The number of carbonyl (C=O) groups excluding carboxylic acids is 1. The maximum absolute atomic E-state index is 14.0. The first-order valence-electron chi connectivity index (χ1n) is 13.9. The van der Waals surface area contributed by atoms with Crippen molar-refractivity contribution in [1.29, 1.82) is 0 Å². The van der Waals surface area contributed by atoms with E-state index in [1.807, 2.05) is 61.5 Å². The third-order valence-electron chi connectivity index (χ3n) is 6.88. The van der Waals surface area contributed by atoms with E-state index in [0.717, 1.165) is 17.5 Å². The van der Waals surface area contributed by atoms with Crippen LogP contribution in [0.3, 0.4) is 0 Å². The molecule has 7 nitrogen and oxygen atoms in total. The molecule has 0 bridgehead atoms. The van der Waals surface area contributed by atoms with Gasteiger partial charge in [-0.25, -0.2) is 9.79 Å². The molecule has 1 atom stereocenters. The second kappa shape index (κ2) is 13.6. The van der Waals surface area contributed by atoms with Gasteiger partial charge in [0.15, 0.2) is 4.80 Å². The van der Waals surface area contributed by atoms with Crippen molar-refractivity contribution in [1.82, 2.24) is 4.57 Å². The molecule has 0 spiro atoms. The number of methoxy groups -OCH3 is 1. The van der Waals surface area contributed by atoms with E-state index < -0.39 is 12.0 Å². The summed E-state index contributed by atoms with van der Waals surface area (Å²) < 4.78 is 19.0. The molecule has 0 unspecified atom stereocenters. The van der Waals surface area contributed by atoms with Crippen molar-refractivity contribution < 1.29 is 19.0 Å². The topological polar surface area (TPSA) is 79.1 Å². The Bertz CT molecular complexity index is 1840. The molecular weight excluding hydrogens is 607 g/mol. The highest BCUT2D eigenvalue weighted by Crippen LogP contribution is 2.38. The monoisotopic (exact) mass is 636 g/mol. The Morgan fingerprint density at radius 1 is 1.02 bits per heavy atom. The number of ether oxygens (including phenoxy) is 3. The second-order valence-electron chi connectivity index (χ2n) is 9.78. The Labute approximate surface area is 263 Å². The number of halogens is 2. The number of carbonyl (C=O) groups is 1. The number of fused-ring (bicyclic) bond motifs is 1. The Hall–Kier alpha value is -3.85. The predicted molar refractivity (Wildman–Crippen MR) is 170 cm³/mol. The van der Waals surface area contributed by atoms with E-state index >= 15 is 0 Å². The van der Waals surface area contributed by atoms with Gasteiger partial charge in [-0.3, -0.25) is 9.36 Å². The molecule has 5 rings (SSSR count). The van der Waals surface area contributed by atoms with Crippen molar-refractivity contribution in [3.8, 4) is 11.5 Å². The zero-order valence-electron chi connectivity index (χ0n) is 23.9. The standard InChI is InChI=1S/C33H30Cl2N2O5S/c1-4-6-26-29(32(39)41-5-2)30(25-18-23(35)13-16-27(25)40-3)37-31(38)28(43-33(37)36-26)17-20-9-14-24(15-10-20)42-19-21-7-11-22(34)12-8-21/h7-18,30H,4-6,19H2,1-3H3/b28-17+/t30-/m0/s1. The van der Waals surface area contributed by atoms with Gasteiger partial charge < -0.3 is 14.2 Å². The maximum Gasteiger partial charge on any atom is 0.338 e. The average molecular weight is 638 g/mol. The van der Waals surface area contributed by atoms with Gasteiger partial charge in [0, 0.05) is 15.6 Å². The highest BCUT2D eigenvalue weighted by Gasteiger charge is 2.36. The summed E-state index contributed by atoms with van der Waals surface area (Å²) in [5.74, 6) is 0.674. The molecule has 1 aliphatic heterocycles. The lowest BCUT2D eigenvalue weighted by atomic mass is 9.93. The predicted octanol–water partition coefficient (Wildman–Crippen LogP) is 6.47. The normalized spacial score (nSPS) is 14.7. The Kier molecular flexibility index (Phi) is 9.70. The largest absolute Gasteiger partial charge is 0.496 e. The summed E-state index contributed by atoms with van der Waals surface area (Å²) >= 11 is 13.6. The molecule has 3 aromatic carbocycles. The smallest absolute Gasteiger partial charge is 0.338 e. The van der Waals surface area contributed by atoms with E-state index in [-0.39, 0.29) is 12.2 Å². The van der Waals surface area contributed by atoms with Crippen molar-refractivity contribution in [2.24, 2.45) is 4.99 Å². The number of thiazole rings is 1. The molecule has 2 heterocycles. The van der Waals surface area contributed by atoms with Crippen LogP contribution in [0.1, 0.15) is 49.4 Å². The number of nitrogens with zero attached hydrogens (tertiary/aromatic N) is 2. The summed E-state index contributed by atoms with van der Waals surface area (Å²) in [6.45, 7) is 4.35. The summed E-state index contributed by atoms with van der Waals surface area (Å²) in [6.07, 6.45) is 3.10. The van der Waals surface area contributed by atoms with Crippen molar-refractivity contribution in [2.75, 3.05) is 13.7 Å². The van der Waals surface area contributed by atoms with Gasteiger partial charge in [0.1, 0.15) is 24.1 Å². The Morgan fingerprint density at radius 2 is 1.74 bits per heavy atom. The molecule has 0 aliphatic carbocycles. The zero-order valence-corrected chi connectivity index (χ0v) is 26.3. The van der Waals surface area contributed by atoms with Gasteiger partial charge in [0.25, 0.3) is 5.56 Å². The minimum absolute atomic E-state index is 0.185. The molecule has 0 radical (unpaired) electrons. The molecule has 1 aliphatic rings. The molecule has 0 saturated heterocycles. The van der Waals surface area contributed by atoms with Gasteiger partial charge in [0.05, 0.1) is 29.5 Å². The van der Waals surface area contributed by atoms with Crippen molar-refractivity contribution >= 4 is 46.6 Å². The third kappa shape index (κ3) is 6.72. The van der Waals surface area contributed by atoms with Gasteiger partial charge in [-0.2, -0.15) is 0 Å². The maximum atomic E-state index is 14.0. The van der Waals surface area contributed by atoms with E-state index in [2.05, 4.69) is 0 Å². The number of benzene rings is 3. The molecule has 0 fully saturated rings. The van der Waals surface area contributed by atoms with Gasteiger partial charge in [-0.05, 0) is 73.0 Å². The summed E-state index contributed by atoms with van der Waals surface area (Å²) in [6, 6.07) is 19.3. The van der Waals surface area contributed by atoms with Crippen LogP contribution in [-0.2, 0) is 16.1 Å². The minimum atomic E-state index is -0.823. The first-order chi connectivity index (χ1) is 20.8. The van der Waals surface area contributed by atoms with Crippen LogP contribution in [0.25, 0.3) is 6.08 Å². The highest BCUT2D eigenvalue weighted by molar-refractivity contribution is 7.07. The summed E-state index contributed by atoms with van der Waals surface area (Å²) in [4.78, 5) is 32.7. The van der Waals surface area contributed by atoms with Crippen LogP contribution < -0.4 is 24.4 Å². The summed E-state index contributed by atoms with van der Waals surface area (Å²) in [5, 5.41) is 1.13. The quantitative estimate of drug-likeness (QED) is 0.186. The fraction of sp³-hybridized carbons (Fsp3) is 0.242. The van der Waals surface area contributed by atoms with Gasteiger partial charge >= 0.3 is 5.97 Å². The SMILES string of the molecule is CCCC1=C(C(=O)OCC)[C@H](c2cc(Cl)ccc2OC)n2c(s/c(=C/c3ccc(OCc4ccc(Cl)cc4)cc3)c2=O)=N1. The summed E-state index contributed by atoms with van der Waals surface area (Å²) in [5.41, 5.74) is 3.02. The van der Waals surface area contributed by atoms with E-state index in [0.29, 0.717) is 60.7 Å². The number of hydrogen-bond donors (Lipinski definition) is 0. The van der Waals surface area contributed by atoms with Crippen LogP contribution >= 0.6 is 34.5 Å². The van der Waals surface area contributed by atoms with Crippen LogP contribution in [-0.4, -0.2) is 24.3 Å². The minimum Gasteiger partial charge on any atom is -0.496 e. The fourth-order valence-electron chi connectivity index (χ4n) is 4.89. The number of hydrogen-bond acceptors (Lipinski definition) is 7. The zero-order chi connectivity index (χ0) is 30.5.